The summed E-state index contributed by atoms with van der Waals surface area (Å²) in [6.07, 6.45) is 3.52. The number of piperidine rings is 1. The highest BCUT2D eigenvalue weighted by molar-refractivity contribution is 5.99. The van der Waals surface area contributed by atoms with E-state index in [9.17, 15) is 9.90 Å². The van der Waals surface area contributed by atoms with Crippen LogP contribution in [0.1, 0.15) is 41.4 Å². The van der Waals surface area contributed by atoms with Gasteiger partial charge < -0.3 is 24.4 Å². The van der Waals surface area contributed by atoms with Crippen LogP contribution in [0.2, 0.25) is 0 Å². The number of aromatic nitrogens is 2. The molecule has 8 nitrogen and oxygen atoms in total. The molecule has 2 aromatic rings. The van der Waals surface area contributed by atoms with Gasteiger partial charge in [0.25, 0.3) is 5.91 Å². The molecule has 2 aliphatic heterocycles. The van der Waals surface area contributed by atoms with Crippen LogP contribution < -0.4 is 14.4 Å². The fourth-order valence-electron chi connectivity index (χ4n) is 4.18. The van der Waals surface area contributed by atoms with E-state index in [1.807, 2.05) is 26.0 Å². The number of carbonyl (C=O) groups is 1. The second kappa shape index (κ2) is 7.75. The summed E-state index contributed by atoms with van der Waals surface area (Å²) in [4.78, 5) is 25.5. The highest BCUT2D eigenvalue weighted by atomic mass is 16.5. The summed E-state index contributed by atoms with van der Waals surface area (Å²) in [5.74, 6) is 2.08. The molecule has 1 N–H and O–H groups in total. The van der Waals surface area contributed by atoms with Crippen molar-refractivity contribution < 1.29 is 19.4 Å². The molecule has 0 spiro atoms. The summed E-state index contributed by atoms with van der Waals surface area (Å²) in [5, 5.41) is 9.96. The fourth-order valence-corrected chi connectivity index (χ4v) is 4.18. The number of carbonyl (C=O) groups excluding carboxylic acids is 1. The Morgan fingerprint density at radius 1 is 1.30 bits per heavy atom. The number of hydrogen-bond donors (Lipinski definition) is 1. The van der Waals surface area contributed by atoms with Crippen LogP contribution in [0.15, 0.2) is 24.4 Å². The van der Waals surface area contributed by atoms with Crippen molar-refractivity contribution in [3.63, 3.8) is 0 Å². The summed E-state index contributed by atoms with van der Waals surface area (Å²) in [7, 11) is 3.30. The molecule has 8 heteroatoms. The number of aliphatic hydroxyl groups is 1. The largest absolute Gasteiger partial charge is 0.489 e. The van der Waals surface area contributed by atoms with Gasteiger partial charge in [-0.25, -0.2) is 9.97 Å². The van der Waals surface area contributed by atoms with E-state index in [1.165, 1.54) is 0 Å². The SMILES string of the molecule is COc1ccc(OC2CCN(c3nc4c(cc3C)C(=O)N(C)C4(C)CO)CC2)cn1. The summed E-state index contributed by atoms with van der Waals surface area (Å²) in [6.45, 7) is 5.28. The first kappa shape index (κ1) is 20.4. The van der Waals surface area contributed by atoms with Gasteiger partial charge in [0.1, 0.15) is 23.2 Å². The van der Waals surface area contributed by atoms with E-state index in [0.29, 0.717) is 17.1 Å². The Morgan fingerprint density at radius 2 is 2.03 bits per heavy atom. The van der Waals surface area contributed by atoms with Gasteiger partial charge in [-0.3, -0.25) is 4.79 Å². The predicted octanol–water partition coefficient (Wildman–Crippen LogP) is 2.13. The molecule has 0 saturated carbocycles. The number of ether oxygens (including phenoxy) is 2. The molecule has 30 heavy (non-hydrogen) atoms. The normalized spacial score (nSPS) is 21.7. The molecule has 160 valence electrons. The van der Waals surface area contributed by atoms with Gasteiger partial charge in [-0.15, -0.1) is 0 Å². The second-order valence-electron chi connectivity index (χ2n) is 8.16. The molecule has 0 aromatic carbocycles. The number of fused-ring (bicyclic) bond motifs is 1. The van der Waals surface area contributed by atoms with E-state index in [0.717, 1.165) is 43.1 Å². The number of likely N-dealkylation sites (N-methyl/N-ethyl adjacent to an activating group) is 1. The number of hydrogen-bond acceptors (Lipinski definition) is 7. The van der Waals surface area contributed by atoms with Gasteiger partial charge in [-0.1, -0.05) is 0 Å². The minimum atomic E-state index is -0.794. The van der Waals surface area contributed by atoms with Crippen LogP contribution >= 0.6 is 0 Å². The van der Waals surface area contributed by atoms with Gasteiger partial charge in [0, 0.05) is 39.0 Å². The first-order chi connectivity index (χ1) is 14.4. The Balaban J connectivity index is 1.48. The number of pyridine rings is 2. The van der Waals surface area contributed by atoms with Crippen molar-refractivity contribution >= 4 is 11.7 Å². The molecular formula is C22H28N4O4. The van der Waals surface area contributed by atoms with Crippen molar-refractivity contribution in [3.05, 3.63) is 41.2 Å². The van der Waals surface area contributed by atoms with Crippen LogP contribution in [0.25, 0.3) is 0 Å². The molecule has 4 rings (SSSR count). The molecule has 0 aliphatic carbocycles. The smallest absolute Gasteiger partial charge is 0.256 e. The number of nitrogens with zero attached hydrogens (tertiary/aromatic N) is 4. The summed E-state index contributed by atoms with van der Waals surface area (Å²) in [5.41, 5.74) is 1.41. The Bertz CT molecular complexity index is 941. The molecule has 0 radical (unpaired) electrons. The lowest BCUT2D eigenvalue weighted by Gasteiger charge is -2.35. The minimum Gasteiger partial charge on any atom is -0.489 e. The van der Waals surface area contributed by atoms with E-state index in [1.54, 1.807) is 31.3 Å². The van der Waals surface area contributed by atoms with E-state index in [2.05, 4.69) is 9.88 Å². The standard InChI is InChI=1S/C22H28N4O4/c1-14-11-17-19(22(2,13-27)25(3)21(17)28)24-20(14)26-9-7-15(8-10-26)30-16-5-6-18(29-4)23-12-16/h5-6,11-12,15,27H,7-10,13H2,1-4H3. The number of anilines is 1. The number of methoxy groups -OCH3 is 1. The lowest BCUT2D eigenvalue weighted by Crippen LogP contribution is -2.42. The average Bonchev–Trinajstić information content (AvgIpc) is 2.95. The molecule has 2 aromatic heterocycles. The Kier molecular flexibility index (Phi) is 5.27. The van der Waals surface area contributed by atoms with Crippen LogP contribution in [-0.2, 0) is 5.54 Å². The molecule has 1 fully saturated rings. The number of aliphatic hydroxyl groups excluding tert-OH is 1. The first-order valence-corrected chi connectivity index (χ1v) is 10.2. The van der Waals surface area contributed by atoms with Gasteiger partial charge in [0.15, 0.2) is 0 Å². The first-order valence-electron chi connectivity index (χ1n) is 10.2. The van der Waals surface area contributed by atoms with E-state index in [4.69, 9.17) is 14.5 Å². The van der Waals surface area contributed by atoms with Crippen molar-refractivity contribution in [2.24, 2.45) is 0 Å². The van der Waals surface area contributed by atoms with Crippen molar-refractivity contribution in [2.75, 3.05) is 38.8 Å². The van der Waals surface area contributed by atoms with E-state index in [-0.39, 0.29) is 18.6 Å². The molecule has 1 atom stereocenters. The molecule has 1 saturated heterocycles. The van der Waals surface area contributed by atoms with Crippen LogP contribution in [0, 0.1) is 6.92 Å². The highest BCUT2D eigenvalue weighted by Gasteiger charge is 2.46. The summed E-state index contributed by atoms with van der Waals surface area (Å²) in [6, 6.07) is 5.56. The van der Waals surface area contributed by atoms with Crippen LogP contribution in [0.3, 0.4) is 0 Å². The average molecular weight is 412 g/mol. The van der Waals surface area contributed by atoms with Gasteiger partial charge in [-0.2, -0.15) is 0 Å². The molecule has 4 heterocycles. The third-order valence-electron chi connectivity index (χ3n) is 6.24. The zero-order valence-electron chi connectivity index (χ0n) is 17.9. The maximum atomic E-state index is 12.6. The predicted molar refractivity (Wildman–Crippen MR) is 112 cm³/mol. The highest BCUT2D eigenvalue weighted by Crippen LogP contribution is 2.39. The maximum Gasteiger partial charge on any atom is 0.256 e. The summed E-state index contributed by atoms with van der Waals surface area (Å²) >= 11 is 0. The van der Waals surface area contributed by atoms with Crippen LogP contribution in [-0.4, -0.2) is 65.8 Å². The van der Waals surface area contributed by atoms with E-state index < -0.39 is 5.54 Å². The maximum absolute atomic E-state index is 12.6. The van der Waals surface area contributed by atoms with Crippen LogP contribution in [0.5, 0.6) is 11.6 Å². The summed E-state index contributed by atoms with van der Waals surface area (Å²) < 4.78 is 11.2. The van der Waals surface area contributed by atoms with Crippen molar-refractivity contribution in [1.29, 1.82) is 0 Å². The van der Waals surface area contributed by atoms with Crippen molar-refractivity contribution in [3.8, 4) is 11.6 Å². The number of amides is 1. The topological polar surface area (TPSA) is 88.0 Å². The van der Waals surface area contributed by atoms with Crippen LogP contribution in [0.4, 0.5) is 5.82 Å². The Hall–Kier alpha value is -2.87. The molecule has 1 amide bonds. The van der Waals surface area contributed by atoms with Crippen molar-refractivity contribution in [1.82, 2.24) is 14.9 Å². The number of aryl methyl sites for hydroxylation is 1. The fraction of sp³-hybridized carbons (Fsp3) is 0.500. The minimum absolute atomic E-state index is 0.0936. The zero-order valence-corrected chi connectivity index (χ0v) is 17.9. The zero-order chi connectivity index (χ0) is 21.5. The molecule has 0 bridgehead atoms. The number of rotatable bonds is 5. The molecular weight excluding hydrogens is 384 g/mol. The van der Waals surface area contributed by atoms with Gasteiger partial charge in [0.05, 0.1) is 31.2 Å². The second-order valence-corrected chi connectivity index (χ2v) is 8.16. The third-order valence-corrected chi connectivity index (χ3v) is 6.24. The van der Waals surface area contributed by atoms with Gasteiger partial charge in [-0.05, 0) is 31.5 Å². The third kappa shape index (κ3) is 3.35. The Morgan fingerprint density at radius 3 is 2.63 bits per heavy atom. The monoisotopic (exact) mass is 412 g/mol. The van der Waals surface area contributed by atoms with Gasteiger partial charge in [0.2, 0.25) is 5.88 Å². The Labute approximate surface area is 176 Å². The molecule has 2 aliphatic rings. The lowest BCUT2D eigenvalue weighted by molar-refractivity contribution is 0.0488. The van der Waals surface area contributed by atoms with E-state index >= 15 is 0 Å². The quantitative estimate of drug-likeness (QED) is 0.805. The molecule has 1 unspecified atom stereocenters. The van der Waals surface area contributed by atoms with Gasteiger partial charge >= 0.3 is 0 Å². The van der Waals surface area contributed by atoms with Crippen molar-refractivity contribution in [2.45, 2.75) is 38.3 Å². The lowest BCUT2D eigenvalue weighted by atomic mass is 9.97.